The van der Waals surface area contributed by atoms with Crippen molar-refractivity contribution in [1.29, 1.82) is 0 Å². The molecule has 7 nitrogen and oxygen atoms in total. The highest BCUT2D eigenvalue weighted by atomic mass is 32.2. The number of sulfonamides is 1. The van der Waals surface area contributed by atoms with Crippen LogP contribution in [0.1, 0.15) is 5.56 Å². The lowest BCUT2D eigenvalue weighted by molar-refractivity contribution is -0.115. The second-order valence-electron chi connectivity index (χ2n) is 5.69. The van der Waals surface area contributed by atoms with Crippen LogP contribution >= 0.6 is 23.6 Å². The molecule has 0 radical (unpaired) electrons. The van der Waals surface area contributed by atoms with Gasteiger partial charge in [-0.3, -0.25) is 14.8 Å². The zero-order valence-electron chi connectivity index (χ0n) is 14.9. The van der Waals surface area contributed by atoms with Crippen molar-refractivity contribution in [2.45, 2.75) is 4.90 Å². The van der Waals surface area contributed by atoms with Gasteiger partial charge >= 0.3 is 0 Å². The van der Waals surface area contributed by atoms with Crippen molar-refractivity contribution in [3.05, 3.63) is 77.1 Å². The summed E-state index contributed by atoms with van der Waals surface area (Å²) in [7, 11) is -3.73. The summed E-state index contributed by atoms with van der Waals surface area (Å²) in [6, 6.07) is 15.3. The lowest BCUT2D eigenvalue weighted by Crippen LogP contribution is -2.32. The Bertz CT molecular complexity index is 1110. The zero-order valence-corrected chi connectivity index (χ0v) is 17.4. The van der Waals surface area contributed by atoms with E-state index in [4.69, 9.17) is 12.2 Å². The zero-order chi connectivity index (χ0) is 20.7. The van der Waals surface area contributed by atoms with E-state index in [0.29, 0.717) is 5.69 Å². The fourth-order valence-electron chi connectivity index (χ4n) is 2.23. The van der Waals surface area contributed by atoms with E-state index in [0.717, 1.165) is 5.56 Å². The molecule has 1 aromatic heterocycles. The maximum absolute atomic E-state index is 12.3. The van der Waals surface area contributed by atoms with Crippen molar-refractivity contribution in [3.8, 4) is 0 Å². The predicted molar refractivity (Wildman–Crippen MR) is 119 cm³/mol. The van der Waals surface area contributed by atoms with Gasteiger partial charge in [-0.05, 0) is 48.1 Å². The van der Waals surface area contributed by atoms with Gasteiger partial charge in [0.2, 0.25) is 5.91 Å². The van der Waals surface area contributed by atoms with Gasteiger partial charge in [0.1, 0.15) is 0 Å². The van der Waals surface area contributed by atoms with Crippen LogP contribution < -0.4 is 15.4 Å². The molecule has 0 spiro atoms. The van der Waals surface area contributed by atoms with E-state index in [-0.39, 0.29) is 21.7 Å². The molecule has 0 aliphatic rings. The summed E-state index contributed by atoms with van der Waals surface area (Å²) < 4.78 is 27.0. The highest BCUT2D eigenvalue weighted by molar-refractivity contribution is 7.92. The van der Waals surface area contributed by atoms with E-state index in [1.807, 2.05) is 30.3 Å². The summed E-state index contributed by atoms with van der Waals surface area (Å²) in [4.78, 5) is 15.9. The Kier molecular flexibility index (Phi) is 6.70. The number of thiocarbonyl (C=S) groups is 1. The minimum atomic E-state index is -3.73. The molecule has 148 valence electrons. The minimum Gasteiger partial charge on any atom is -0.332 e. The Morgan fingerprint density at radius 2 is 1.79 bits per heavy atom. The summed E-state index contributed by atoms with van der Waals surface area (Å²) in [6.45, 7) is 0. The second-order valence-corrected chi connectivity index (χ2v) is 8.50. The molecule has 0 aliphatic carbocycles. The van der Waals surface area contributed by atoms with Crippen LogP contribution in [0.15, 0.2) is 76.5 Å². The molecule has 0 fully saturated rings. The van der Waals surface area contributed by atoms with Gasteiger partial charge in [0.05, 0.1) is 10.4 Å². The number of carbonyl (C=O) groups excluding carboxylic acids is 1. The first-order valence-corrected chi connectivity index (χ1v) is 11.1. The molecule has 10 heteroatoms. The van der Waals surface area contributed by atoms with Crippen LogP contribution in [-0.4, -0.2) is 24.4 Å². The molecular weight excluding hydrogens is 428 g/mol. The average Bonchev–Trinajstić information content (AvgIpc) is 3.20. The first-order chi connectivity index (χ1) is 13.9. The van der Waals surface area contributed by atoms with E-state index >= 15 is 0 Å². The van der Waals surface area contributed by atoms with Gasteiger partial charge in [-0.1, -0.05) is 30.3 Å². The minimum absolute atomic E-state index is 0.0804. The van der Waals surface area contributed by atoms with Crippen LogP contribution in [-0.2, 0) is 14.8 Å². The number of thiazole rings is 1. The van der Waals surface area contributed by atoms with Gasteiger partial charge in [-0.15, -0.1) is 11.3 Å². The van der Waals surface area contributed by atoms with Crippen LogP contribution in [0, 0.1) is 0 Å². The number of benzene rings is 2. The van der Waals surface area contributed by atoms with Crippen molar-refractivity contribution < 1.29 is 13.2 Å². The summed E-state index contributed by atoms with van der Waals surface area (Å²) in [5.74, 6) is -0.109. The fraction of sp³-hybridized carbons (Fsp3) is 0. The van der Waals surface area contributed by atoms with E-state index in [9.17, 15) is 13.2 Å². The largest absolute Gasteiger partial charge is 0.332 e. The number of hydrogen-bond acceptors (Lipinski definition) is 6. The molecule has 0 aliphatic heterocycles. The first-order valence-electron chi connectivity index (χ1n) is 8.28. The molecule has 3 rings (SSSR count). The summed E-state index contributed by atoms with van der Waals surface area (Å²) in [5.41, 5.74) is 2.97. The maximum atomic E-state index is 12.3. The summed E-state index contributed by atoms with van der Waals surface area (Å²) in [5, 5.41) is 7.06. The lowest BCUT2D eigenvalue weighted by atomic mass is 10.2. The number of anilines is 2. The quantitative estimate of drug-likeness (QED) is 0.398. The van der Waals surface area contributed by atoms with Crippen LogP contribution in [0.2, 0.25) is 0 Å². The highest BCUT2D eigenvalue weighted by Crippen LogP contribution is 2.18. The van der Waals surface area contributed by atoms with Crippen LogP contribution in [0.4, 0.5) is 11.5 Å². The fourth-order valence-corrected chi connectivity index (χ4v) is 4.01. The third-order valence-electron chi connectivity index (χ3n) is 3.56. The van der Waals surface area contributed by atoms with Crippen molar-refractivity contribution in [3.63, 3.8) is 0 Å². The van der Waals surface area contributed by atoms with E-state index < -0.39 is 10.0 Å². The predicted octanol–water partition coefficient (Wildman–Crippen LogP) is 3.47. The molecule has 3 N–H and O–H groups in total. The third-order valence-corrected chi connectivity index (χ3v) is 5.72. The van der Waals surface area contributed by atoms with Gasteiger partial charge in [-0.2, -0.15) is 0 Å². The maximum Gasteiger partial charge on any atom is 0.263 e. The third kappa shape index (κ3) is 6.21. The van der Waals surface area contributed by atoms with E-state index in [1.54, 1.807) is 23.6 Å². The van der Waals surface area contributed by atoms with Crippen LogP contribution in [0.3, 0.4) is 0 Å². The normalized spacial score (nSPS) is 11.2. The number of nitrogens with one attached hydrogen (secondary N) is 3. The number of amides is 1. The summed E-state index contributed by atoms with van der Waals surface area (Å²) in [6.07, 6.45) is 3.05. The number of hydrogen-bond donors (Lipinski definition) is 3. The number of carbonyl (C=O) groups is 1. The molecule has 0 saturated heterocycles. The molecule has 1 heterocycles. The van der Waals surface area contributed by atoms with E-state index in [2.05, 4.69) is 20.3 Å². The molecule has 3 aromatic rings. The smallest absolute Gasteiger partial charge is 0.263 e. The van der Waals surface area contributed by atoms with Crippen LogP contribution in [0.25, 0.3) is 6.08 Å². The number of rotatable bonds is 6. The molecule has 0 unspecified atom stereocenters. The standard InChI is InChI=1S/C19H16N4O3S3/c24-18(11-6-14-4-2-1-3-5-14)22-19(27)21-15-7-9-16(10-8-15)29(25,26)23-17-12-28-13-20-17/h1-13,23H,(H2,21,22,24,27). The van der Waals surface area contributed by atoms with Gasteiger partial charge in [-0.25, -0.2) is 13.4 Å². The Morgan fingerprint density at radius 3 is 2.45 bits per heavy atom. The van der Waals surface area contributed by atoms with Crippen molar-refractivity contribution in [2.75, 3.05) is 10.0 Å². The van der Waals surface area contributed by atoms with Gasteiger partial charge < -0.3 is 5.32 Å². The van der Waals surface area contributed by atoms with E-state index in [1.165, 1.54) is 35.1 Å². The summed E-state index contributed by atoms with van der Waals surface area (Å²) >= 11 is 6.40. The van der Waals surface area contributed by atoms with Crippen LogP contribution in [0.5, 0.6) is 0 Å². The molecule has 0 bridgehead atoms. The Hall–Kier alpha value is -3.08. The topological polar surface area (TPSA) is 100 Å². The Labute approximate surface area is 177 Å². The molecular formula is C19H16N4O3S3. The molecule has 1 amide bonds. The van der Waals surface area contributed by atoms with Crippen molar-refractivity contribution >= 4 is 62.2 Å². The molecule has 0 atom stereocenters. The second kappa shape index (κ2) is 9.41. The molecule has 2 aromatic carbocycles. The van der Waals surface area contributed by atoms with Gasteiger partial charge in [0.25, 0.3) is 10.0 Å². The Morgan fingerprint density at radius 1 is 1.07 bits per heavy atom. The van der Waals surface area contributed by atoms with Crippen molar-refractivity contribution in [1.82, 2.24) is 10.3 Å². The van der Waals surface area contributed by atoms with Crippen molar-refractivity contribution in [2.24, 2.45) is 0 Å². The van der Waals surface area contributed by atoms with Gasteiger partial charge in [0, 0.05) is 17.1 Å². The molecule has 29 heavy (non-hydrogen) atoms. The monoisotopic (exact) mass is 444 g/mol. The molecule has 0 saturated carbocycles. The highest BCUT2D eigenvalue weighted by Gasteiger charge is 2.15. The first kappa shape index (κ1) is 20.6. The average molecular weight is 445 g/mol. The van der Waals surface area contributed by atoms with Gasteiger partial charge in [0.15, 0.2) is 10.9 Å². The number of nitrogens with zero attached hydrogens (tertiary/aromatic N) is 1. The SMILES string of the molecule is O=C(C=Cc1ccccc1)NC(=S)Nc1ccc(S(=O)(=O)Nc2cscn2)cc1. The number of aromatic nitrogens is 1. The Balaban J connectivity index is 1.55. The lowest BCUT2D eigenvalue weighted by Gasteiger charge is -2.10.